The number of hydrogen-bond donors (Lipinski definition) is 2. The van der Waals surface area contributed by atoms with Crippen molar-refractivity contribution in [1.29, 1.82) is 0 Å². The Labute approximate surface area is 148 Å². The molecule has 0 spiro atoms. The van der Waals surface area contributed by atoms with Crippen LogP contribution in [0.5, 0.6) is 11.5 Å². The first kappa shape index (κ1) is 18.1. The molecule has 3 aromatic rings. The predicted octanol–water partition coefficient (Wildman–Crippen LogP) is 2.88. The van der Waals surface area contributed by atoms with Gasteiger partial charge in [0.1, 0.15) is 5.69 Å². The first-order valence-corrected chi connectivity index (χ1v) is 7.23. The summed E-state index contributed by atoms with van der Waals surface area (Å²) in [7, 11) is 1.48. The van der Waals surface area contributed by atoms with Crippen molar-refractivity contribution in [3.63, 3.8) is 0 Å². The number of pyridine rings is 1. The molecule has 3 rings (SSSR count). The number of nitro benzene ring substituents is 1. The largest absolute Gasteiger partial charge is 0.504 e. The lowest BCUT2D eigenvalue weighted by Gasteiger charge is -2.07. The average Bonchev–Trinajstić information content (AvgIpc) is 2.98. The Balaban J connectivity index is 2.05. The van der Waals surface area contributed by atoms with Crippen LogP contribution in [0, 0.1) is 10.1 Å². The predicted molar refractivity (Wildman–Crippen MR) is 84.7 cm³/mol. The summed E-state index contributed by atoms with van der Waals surface area (Å²) in [5, 5.41) is 37.9. The fourth-order valence-electron chi connectivity index (χ4n) is 2.40. The molecular formula is C15H10F3N5O4. The van der Waals surface area contributed by atoms with Gasteiger partial charge in [0.15, 0.2) is 17.4 Å². The molecule has 0 amide bonds. The molecule has 9 nitrogen and oxygen atoms in total. The van der Waals surface area contributed by atoms with E-state index >= 15 is 0 Å². The third-order valence-corrected chi connectivity index (χ3v) is 3.71. The van der Waals surface area contributed by atoms with Crippen molar-refractivity contribution >= 4 is 5.69 Å². The minimum atomic E-state index is -4.58. The van der Waals surface area contributed by atoms with E-state index in [0.717, 1.165) is 24.4 Å². The molecule has 0 aliphatic heterocycles. The second-order valence-corrected chi connectivity index (χ2v) is 5.46. The molecule has 27 heavy (non-hydrogen) atoms. The van der Waals surface area contributed by atoms with Crippen molar-refractivity contribution < 1.29 is 28.3 Å². The third-order valence-electron chi connectivity index (χ3n) is 3.71. The highest BCUT2D eigenvalue weighted by Crippen LogP contribution is 2.39. The summed E-state index contributed by atoms with van der Waals surface area (Å²) >= 11 is 0. The number of nitrogens with zero attached hydrogens (tertiary/aromatic N) is 5. The van der Waals surface area contributed by atoms with Gasteiger partial charge in [0.2, 0.25) is 5.75 Å². The van der Waals surface area contributed by atoms with E-state index in [1.807, 2.05) is 0 Å². The number of aromatic hydroxyl groups is 2. The highest BCUT2D eigenvalue weighted by Gasteiger charge is 2.32. The Kier molecular flexibility index (Phi) is 4.18. The zero-order valence-corrected chi connectivity index (χ0v) is 13.5. The molecule has 0 atom stereocenters. The summed E-state index contributed by atoms with van der Waals surface area (Å²) in [4.78, 5) is 13.4. The summed E-state index contributed by atoms with van der Waals surface area (Å²) in [6.07, 6.45) is -3.60. The molecule has 0 saturated carbocycles. The van der Waals surface area contributed by atoms with Crippen LogP contribution in [0.2, 0.25) is 0 Å². The Morgan fingerprint density at radius 2 is 1.74 bits per heavy atom. The van der Waals surface area contributed by atoms with E-state index in [4.69, 9.17) is 0 Å². The number of nitro groups is 1. The lowest BCUT2D eigenvalue weighted by molar-refractivity contribution is -0.385. The topological polar surface area (TPSA) is 127 Å². The van der Waals surface area contributed by atoms with Crippen LogP contribution in [-0.2, 0) is 13.2 Å². The van der Waals surface area contributed by atoms with Crippen LogP contribution in [0.3, 0.4) is 0 Å². The highest BCUT2D eigenvalue weighted by molar-refractivity contribution is 5.70. The van der Waals surface area contributed by atoms with Gasteiger partial charge in [0.05, 0.1) is 4.92 Å². The number of aromatic nitrogens is 4. The van der Waals surface area contributed by atoms with E-state index < -0.39 is 34.0 Å². The molecule has 2 aromatic heterocycles. The zero-order chi connectivity index (χ0) is 19.9. The van der Waals surface area contributed by atoms with Crippen molar-refractivity contribution in [2.45, 2.75) is 6.18 Å². The number of alkyl halides is 3. The van der Waals surface area contributed by atoms with E-state index in [1.54, 1.807) is 0 Å². The maximum Gasteiger partial charge on any atom is 0.433 e. The van der Waals surface area contributed by atoms with Crippen LogP contribution in [0.4, 0.5) is 18.9 Å². The molecular weight excluding hydrogens is 371 g/mol. The molecule has 0 unspecified atom stereocenters. The Morgan fingerprint density at radius 3 is 2.26 bits per heavy atom. The minimum Gasteiger partial charge on any atom is -0.504 e. The van der Waals surface area contributed by atoms with Crippen LogP contribution in [0.1, 0.15) is 5.69 Å². The van der Waals surface area contributed by atoms with Crippen molar-refractivity contribution in [1.82, 2.24) is 19.7 Å². The molecule has 2 heterocycles. The molecule has 140 valence electrons. The van der Waals surface area contributed by atoms with E-state index in [-0.39, 0.29) is 22.8 Å². The van der Waals surface area contributed by atoms with Gasteiger partial charge in [0, 0.05) is 30.4 Å². The van der Waals surface area contributed by atoms with Gasteiger partial charge in [-0.25, -0.2) is 0 Å². The maximum atomic E-state index is 12.6. The molecule has 0 saturated heterocycles. The van der Waals surface area contributed by atoms with Gasteiger partial charge in [0.25, 0.3) is 0 Å². The van der Waals surface area contributed by atoms with Crippen molar-refractivity contribution in [3.8, 4) is 34.3 Å². The summed E-state index contributed by atoms with van der Waals surface area (Å²) in [6, 6.07) is 4.01. The summed E-state index contributed by atoms with van der Waals surface area (Å²) in [5.74, 6) is -1.37. The van der Waals surface area contributed by atoms with Crippen LogP contribution >= 0.6 is 0 Å². The highest BCUT2D eigenvalue weighted by atomic mass is 19.4. The Morgan fingerprint density at radius 1 is 1.11 bits per heavy atom. The van der Waals surface area contributed by atoms with Gasteiger partial charge in [-0.1, -0.05) is 0 Å². The maximum absolute atomic E-state index is 12.6. The van der Waals surface area contributed by atoms with Crippen LogP contribution in [-0.4, -0.2) is 34.9 Å². The number of benzene rings is 1. The molecule has 0 fully saturated rings. The van der Waals surface area contributed by atoms with Crippen LogP contribution in [0.15, 0.2) is 30.5 Å². The molecule has 0 aliphatic rings. The summed E-state index contributed by atoms with van der Waals surface area (Å²) < 4.78 is 39.2. The fraction of sp³-hybridized carbons (Fsp3) is 0.133. The first-order chi connectivity index (χ1) is 12.6. The molecule has 0 bridgehead atoms. The number of phenols is 2. The normalized spacial score (nSPS) is 11.6. The number of rotatable bonds is 3. The lowest BCUT2D eigenvalue weighted by atomic mass is 10.1. The van der Waals surface area contributed by atoms with Gasteiger partial charge < -0.3 is 14.8 Å². The second kappa shape index (κ2) is 6.23. The van der Waals surface area contributed by atoms with Gasteiger partial charge in [-0.15, -0.1) is 10.2 Å². The van der Waals surface area contributed by atoms with Gasteiger partial charge in [-0.3, -0.25) is 15.1 Å². The average molecular weight is 381 g/mol. The fourth-order valence-corrected chi connectivity index (χ4v) is 2.40. The van der Waals surface area contributed by atoms with E-state index in [9.17, 15) is 33.5 Å². The third kappa shape index (κ3) is 3.23. The van der Waals surface area contributed by atoms with Gasteiger partial charge >= 0.3 is 11.9 Å². The minimum absolute atomic E-state index is 0.0816. The molecule has 2 N–H and O–H groups in total. The second-order valence-electron chi connectivity index (χ2n) is 5.46. The quantitative estimate of drug-likeness (QED) is 0.406. The van der Waals surface area contributed by atoms with Gasteiger partial charge in [-0.2, -0.15) is 13.2 Å². The van der Waals surface area contributed by atoms with E-state index in [2.05, 4.69) is 15.2 Å². The monoisotopic (exact) mass is 381 g/mol. The number of halogens is 3. The Bertz CT molecular complexity index is 1030. The van der Waals surface area contributed by atoms with E-state index in [1.165, 1.54) is 17.7 Å². The standard InChI is InChI=1S/C15H10F3N5O4/c1-22-13(7-2-3-11(19-6-7)15(16,17)18)20-21-14(22)8-4-9(23(26)27)12(25)10(24)5-8/h2-6,24-25H,1H3. The number of phenolic OH excluding ortho intramolecular Hbond substituents is 2. The van der Waals surface area contributed by atoms with Crippen molar-refractivity contribution in [2.75, 3.05) is 0 Å². The Hall–Kier alpha value is -3.70. The van der Waals surface area contributed by atoms with Crippen molar-refractivity contribution in [2.24, 2.45) is 7.05 Å². The van der Waals surface area contributed by atoms with Gasteiger partial charge in [-0.05, 0) is 18.2 Å². The molecule has 1 aromatic carbocycles. The summed E-state index contributed by atoms with van der Waals surface area (Å²) in [6.45, 7) is 0. The van der Waals surface area contributed by atoms with E-state index in [0.29, 0.717) is 0 Å². The molecule has 0 aliphatic carbocycles. The smallest absolute Gasteiger partial charge is 0.433 e. The lowest BCUT2D eigenvalue weighted by Crippen LogP contribution is -2.07. The molecule has 12 heteroatoms. The summed E-state index contributed by atoms with van der Waals surface area (Å²) in [5.41, 5.74) is -1.47. The van der Waals surface area contributed by atoms with Crippen LogP contribution in [0.25, 0.3) is 22.8 Å². The first-order valence-electron chi connectivity index (χ1n) is 7.23. The SMILES string of the molecule is Cn1c(-c2ccc(C(F)(F)F)nc2)nnc1-c1cc(O)c(O)c([N+](=O)[O-])c1. The molecule has 0 radical (unpaired) electrons. The van der Waals surface area contributed by atoms with Crippen molar-refractivity contribution in [3.05, 3.63) is 46.3 Å². The van der Waals surface area contributed by atoms with Crippen LogP contribution < -0.4 is 0 Å². The number of hydrogen-bond acceptors (Lipinski definition) is 7. The zero-order valence-electron chi connectivity index (χ0n) is 13.5.